The van der Waals surface area contributed by atoms with Crippen LogP contribution < -0.4 is 5.54 Å². The molecule has 0 saturated carbocycles. The zero-order valence-corrected chi connectivity index (χ0v) is 9.53. The van der Waals surface area contributed by atoms with Gasteiger partial charge in [0.25, 0.3) is 5.91 Å². The average Bonchev–Trinajstić information content (AvgIpc) is 2.30. The number of halogens is 1. The molecule has 0 unspecified atom stereocenters. The Kier molecular flexibility index (Phi) is 4.70. The second-order valence-corrected chi connectivity index (χ2v) is 3.91. The van der Waals surface area contributed by atoms with Crippen molar-refractivity contribution in [1.29, 1.82) is 0 Å². The first-order valence-electron chi connectivity index (χ1n) is 5.27. The number of aryl methyl sites for hydroxylation is 1. The van der Waals surface area contributed by atoms with E-state index in [1.807, 2.05) is 43.3 Å². The van der Waals surface area contributed by atoms with Crippen LogP contribution >= 0.6 is 0 Å². The fourth-order valence-corrected chi connectivity index (χ4v) is 1.29. The van der Waals surface area contributed by atoms with Crippen molar-refractivity contribution in [2.24, 2.45) is 5.92 Å². The predicted molar refractivity (Wildman–Crippen MR) is 63.2 cm³/mol. The number of rotatable bonds is 4. The van der Waals surface area contributed by atoms with Crippen LogP contribution in [0.15, 0.2) is 30.3 Å². The van der Waals surface area contributed by atoms with Crippen LogP contribution in [-0.4, -0.2) is 5.91 Å². The lowest BCUT2D eigenvalue weighted by molar-refractivity contribution is -0.128. The van der Waals surface area contributed by atoms with Crippen molar-refractivity contribution in [1.82, 2.24) is 5.54 Å². The van der Waals surface area contributed by atoms with E-state index in [-0.39, 0.29) is 5.92 Å². The fraction of sp³-hybridized carbons (Fsp3) is 0.308. The van der Waals surface area contributed by atoms with E-state index in [4.69, 9.17) is 0 Å². The quantitative estimate of drug-likeness (QED) is 0.778. The number of amides is 1. The summed E-state index contributed by atoms with van der Waals surface area (Å²) >= 11 is 0. The van der Waals surface area contributed by atoms with Crippen molar-refractivity contribution in [3.8, 4) is 0 Å². The molecule has 0 bridgehead atoms. The van der Waals surface area contributed by atoms with Crippen LogP contribution in [-0.2, 0) is 4.79 Å². The van der Waals surface area contributed by atoms with E-state index >= 15 is 0 Å². The number of benzene rings is 1. The average molecular weight is 221 g/mol. The van der Waals surface area contributed by atoms with Crippen molar-refractivity contribution >= 4 is 12.0 Å². The summed E-state index contributed by atoms with van der Waals surface area (Å²) in [5, 5.41) is 0. The maximum Gasteiger partial charge on any atom is 0.250 e. The molecule has 86 valence electrons. The van der Waals surface area contributed by atoms with E-state index < -0.39 is 5.91 Å². The smallest absolute Gasteiger partial charge is 0.250 e. The van der Waals surface area contributed by atoms with Crippen molar-refractivity contribution in [3.05, 3.63) is 41.5 Å². The Bertz CT molecular complexity index is 370. The highest BCUT2D eigenvalue weighted by Gasteiger charge is 2.09. The lowest BCUT2D eigenvalue weighted by atomic mass is 10.1. The molecule has 1 atom stereocenters. The van der Waals surface area contributed by atoms with Crippen LogP contribution in [0.1, 0.15) is 24.5 Å². The molecule has 16 heavy (non-hydrogen) atoms. The van der Waals surface area contributed by atoms with Crippen molar-refractivity contribution in [3.63, 3.8) is 0 Å². The summed E-state index contributed by atoms with van der Waals surface area (Å²) in [4.78, 5) is 10.9. The van der Waals surface area contributed by atoms with Gasteiger partial charge in [0.15, 0.2) is 0 Å². The summed E-state index contributed by atoms with van der Waals surface area (Å²) in [6.45, 7) is 3.72. The molecule has 2 nitrogen and oxygen atoms in total. The molecule has 0 aliphatic carbocycles. The third-order valence-electron chi connectivity index (χ3n) is 2.42. The van der Waals surface area contributed by atoms with Crippen LogP contribution in [0.3, 0.4) is 0 Å². The van der Waals surface area contributed by atoms with Gasteiger partial charge in [0.05, 0.1) is 0 Å². The van der Waals surface area contributed by atoms with Gasteiger partial charge in [-0.3, -0.25) is 4.79 Å². The molecule has 1 aromatic rings. The third kappa shape index (κ3) is 3.85. The molecule has 0 radical (unpaired) electrons. The van der Waals surface area contributed by atoms with Crippen molar-refractivity contribution in [2.75, 3.05) is 0 Å². The molecule has 0 aliphatic heterocycles. The predicted octanol–water partition coefficient (Wildman–Crippen LogP) is 3.04. The Balaban J connectivity index is 2.48. The summed E-state index contributed by atoms with van der Waals surface area (Å²) in [5.74, 6) is -0.916. The summed E-state index contributed by atoms with van der Waals surface area (Å²) < 4.78 is 11.8. The Morgan fingerprint density at radius 1 is 1.44 bits per heavy atom. The Hall–Kier alpha value is -1.64. The zero-order chi connectivity index (χ0) is 12.0. The molecule has 1 N–H and O–H groups in total. The number of carbonyl (C=O) groups excluding carboxylic acids is 1. The Morgan fingerprint density at radius 2 is 2.06 bits per heavy atom. The molecule has 1 amide bonds. The van der Waals surface area contributed by atoms with Gasteiger partial charge in [-0.1, -0.05) is 48.9 Å². The topological polar surface area (TPSA) is 29.1 Å². The largest absolute Gasteiger partial charge is 0.272 e. The summed E-state index contributed by atoms with van der Waals surface area (Å²) in [7, 11) is 0. The van der Waals surface area contributed by atoms with Crippen LogP contribution in [0.2, 0.25) is 0 Å². The molecular weight excluding hydrogens is 205 g/mol. The molecule has 0 aliphatic rings. The van der Waals surface area contributed by atoms with Crippen LogP contribution in [0, 0.1) is 12.8 Å². The van der Waals surface area contributed by atoms with E-state index in [0.29, 0.717) is 6.42 Å². The Labute approximate surface area is 95.1 Å². The van der Waals surface area contributed by atoms with Gasteiger partial charge in [0, 0.05) is 5.92 Å². The van der Waals surface area contributed by atoms with Crippen molar-refractivity contribution in [2.45, 2.75) is 20.3 Å². The number of hydrogen-bond donors (Lipinski definition) is 1. The zero-order valence-electron chi connectivity index (χ0n) is 9.53. The number of allylic oxidation sites excluding steroid dienone is 1. The standard InChI is InChI=1S/C13H16FNO/c1-10-6-8-12(9-7-10)5-3-4-11(2)13(16)15-14/h3,5-9,11H,4H2,1-2H3,(H,15,16)/b5-3+/t11-/m0/s1. The molecule has 0 spiro atoms. The molecule has 0 saturated heterocycles. The lowest BCUT2D eigenvalue weighted by Gasteiger charge is -2.03. The molecule has 0 heterocycles. The number of nitrogens with one attached hydrogen (secondary N) is 1. The molecule has 0 aromatic heterocycles. The van der Waals surface area contributed by atoms with Crippen LogP contribution in [0.25, 0.3) is 6.08 Å². The summed E-state index contributed by atoms with van der Waals surface area (Å²) in [5.41, 5.74) is 3.44. The first-order valence-corrected chi connectivity index (χ1v) is 5.27. The Morgan fingerprint density at radius 3 is 2.62 bits per heavy atom. The molecule has 0 fully saturated rings. The second kappa shape index (κ2) is 6.05. The summed E-state index contributed by atoms with van der Waals surface area (Å²) in [6.07, 6.45) is 4.34. The molecule has 1 aromatic carbocycles. The molecular formula is C13H16FNO. The van der Waals surface area contributed by atoms with Gasteiger partial charge < -0.3 is 0 Å². The van der Waals surface area contributed by atoms with E-state index in [9.17, 15) is 9.28 Å². The highest BCUT2D eigenvalue weighted by Crippen LogP contribution is 2.08. The maximum absolute atomic E-state index is 11.8. The highest BCUT2D eigenvalue weighted by molar-refractivity contribution is 5.77. The van der Waals surface area contributed by atoms with E-state index in [1.165, 1.54) is 5.56 Å². The van der Waals surface area contributed by atoms with Gasteiger partial charge in [-0.15, -0.1) is 4.48 Å². The molecule has 3 heteroatoms. The van der Waals surface area contributed by atoms with E-state index in [0.717, 1.165) is 11.1 Å². The minimum absolute atomic E-state index is 0.341. The fourth-order valence-electron chi connectivity index (χ4n) is 1.29. The summed E-state index contributed by atoms with van der Waals surface area (Å²) in [6, 6.07) is 8.06. The minimum atomic E-state index is -0.575. The minimum Gasteiger partial charge on any atom is -0.272 e. The van der Waals surface area contributed by atoms with Gasteiger partial charge in [0.1, 0.15) is 0 Å². The third-order valence-corrected chi connectivity index (χ3v) is 2.42. The van der Waals surface area contributed by atoms with Gasteiger partial charge in [-0.25, -0.2) is 0 Å². The monoisotopic (exact) mass is 221 g/mol. The van der Waals surface area contributed by atoms with Gasteiger partial charge in [0.2, 0.25) is 0 Å². The lowest BCUT2D eigenvalue weighted by Crippen LogP contribution is -2.21. The van der Waals surface area contributed by atoms with E-state index in [1.54, 1.807) is 6.92 Å². The van der Waals surface area contributed by atoms with Gasteiger partial charge in [-0.2, -0.15) is 5.54 Å². The highest BCUT2D eigenvalue weighted by atomic mass is 19.2. The SMILES string of the molecule is Cc1ccc(/C=C/C[C@H](C)C(=O)NF)cc1. The molecule has 1 rings (SSSR count). The van der Waals surface area contributed by atoms with Gasteiger partial charge >= 0.3 is 0 Å². The van der Waals surface area contributed by atoms with Crippen LogP contribution in [0.4, 0.5) is 4.48 Å². The van der Waals surface area contributed by atoms with E-state index in [2.05, 4.69) is 0 Å². The number of carbonyl (C=O) groups is 1. The normalized spacial score (nSPS) is 12.7. The first-order chi connectivity index (χ1) is 7.63. The number of hydrogen-bond acceptors (Lipinski definition) is 1. The first kappa shape index (κ1) is 12.4. The van der Waals surface area contributed by atoms with Crippen molar-refractivity contribution < 1.29 is 9.28 Å². The van der Waals surface area contributed by atoms with Crippen LogP contribution in [0.5, 0.6) is 0 Å². The maximum atomic E-state index is 11.8. The van der Waals surface area contributed by atoms with Gasteiger partial charge in [-0.05, 0) is 18.9 Å². The second-order valence-electron chi connectivity index (χ2n) is 3.91.